The molecule has 0 bridgehead atoms. The molecule has 0 amide bonds. The molecule has 5 heteroatoms. The van der Waals surface area contributed by atoms with Gasteiger partial charge in [-0.2, -0.15) is 0 Å². The van der Waals surface area contributed by atoms with Crippen molar-refractivity contribution in [3.8, 4) is 0 Å². The van der Waals surface area contributed by atoms with Crippen LogP contribution in [0.1, 0.15) is 27.7 Å². The van der Waals surface area contributed by atoms with E-state index in [0.717, 1.165) is 0 Å². The van der Waals surface area contributed by atoms with Crippen LogP contribution in [0.15, 0.2) is 0 Å². The van der Waals surface area contributed by atoms with Crippen LogP contribution in [0, 0.1) is 0 Å². The van der Waals surface area contributed by atoms with Gasteiger partial charge in [0.1, 0.15) is 6.61 Å². The molecule has 0 aromatic rings. The van der Waals surface area contributed by atoms with E-state index in [1.807, 2.05) is 27.7 Å². The fraction of sp³-hybridized carbons (Fsp3) is 1.00. The first-order valence-corrected chi connectivity index (χ1v) is 5.24. The van der Waals surface area contributed by atoms with Crippen molar-refractivity contribution in [1.82, 2.24) is 0 Å². The third kappa shape index (κ3) is 7.30. The van der Waals surface area contributed by atoms with E-state index < -0.39 is 5.97 Å². The molecule has 0 heterocycles. The molecule has 94 valence electrons. The predicted octanol–water partition coefficient (Wildman–Crippen LogP) is 0.335. The number of hydrogen-bond acceptors (Lipinski definition) is 4. The van der Waals surface area contributed by atoms with Gasteiger partial charge in [-0.3, -0.25) is 0 Å². The molecule has 0 radical (unpaired) electrons. The Kier molecular flexibility index (Phi) is 12.9. The molecule has 0 rings (SSSR count). The van der Waals surface area contributed by atoms with E-state index in [1.54, 1.807) is 0 Å². The molecular formula is C10H26GeO4. The van der Waals surface area contributed by atoms with Crippen LogP contribution >= 0.6 is 0 Å². The molecule has 0 saturated carbocycles. The molecule has 15 heavy (non-hydrogen) atoms. The van der Waals surface area contributed by atoms with Crippen molar-refractivity contribution in [1.29, 1.82) is 0 Å². The zero-order valence-electron chi connectivity index (χ0n) is 9.67. The second-order valence-corrected chi connectivity index (χ2v) is 2.62. The first-order chi connectivity index (χ1) is 6.74. The second kappa shape index (κ2) is 10.9. The van der Waals surface area contributed by atoms with Gasteiger partial charge in [0.15, 0.2) is 0 Å². The molecule has 0 aliphatic heterocycles. The van der Waals surface area contributed by atoms with Gasteiger partial charge in [-0.25, -0.2) is 0 Å². The summed E-state index contributed by atoms with van der Waals surface area (Å²) >= 11 is 0. The van der Waals surface area contributed by atoms with Gasteiger partial charge in [0.05, 0.1) is 0 Å². The van der Waals surface area contributed by atoms with E-state index in [9.17, 15) is 0 Å². The molecule has 0 unspecified atom stereocenters. The zero-order valence-corrected chi connectivity index (χ0v) is 9.67. The van der Waals surface area contributed by atoms with Crippen LogP contribution in [0.2, 0.25) is 0 Å². The van der Waals surface area contributed by atoms with E-state index in [4.69, 9.17) is 18.9 Å². The van der Waals surface area contributed by atoms with Crippen molar-refractivity contribution >= 4 is 17.6 Å². The van der Waals surface area contributed by atoms with Crippen molar-refractivity contribution in [2.24, 2.45) is 0 Å². The molecule has 0 fully saturated rings. The van der Waals surface area contributed by atoms with Gasteiger partial charge in [-0.15, -0.1) is 0 Å². The van der Waals surface area contributed by atoms with Crippen LogP contribution < -0.4 is 0 Å². The third-order valence-electron chi connectivity index (χ3n) is 1.58. The summed E-state index contributed by atoms with van der Waals surface area (Å²) in [5, 5.41) is 0. The van der Waals surface area contributed by atoms with Crippen molar-refractivity contribution in [2.45, 2.75) is 33.7 Å². The van der Waals surface area contributed by atoms with E-state index in [-0.39, 0.29) is 17.6 Å². The van der Waals surface area contributed by atoms with Crippen molar-refractivity contribution < 1.29 is 18.9 Å². The summed E-state index contributed by atoms with van der Waals surface area (Å²) in [5.41, 5.74) is 0. The standard InChI is InChI=1S/C10H22O4.GeH4/c1-5-11-9-10(12-6-2,13-7-3)14-8-4;/h5-9H2,1-4H3;1H4. The number of ether oxygens (including phenoxy) is 4. The van der Waals surface area contributed by atoms with Crippen LogP contribution in [0.5, 0.6) is 0 Å². The van der Waals surface area contributed by atoms with Crippen LogP contribution in [-0.4, -0.2) is 56.6 Å². The van der Waals surface area contributed by atoms with E-state index in [2.05, 4.69) is 0 Å². The Morgan fingerprint density at radius 3 is 1.40 bits per heavy atom. The Morgan fingerprint density at radius 2 is 1.13 bits per heavy atom. The summed E-state index contributed by atoms with van der Waals surface area (Å²) in [5.74, 6) is -1.02. The average Bonchev–Trinajstić information content (AvgIpc) is 2.16. The molecule has 4 nitrogen and oxygen atoms in total. The van der Waals surface area contributed by atoms with Crippen LogP contribution in [-0.2, 0) is 18.9 Å². The molecule has 0 spiro atoms. The molecule has 0 aliphatic rings. The fourth-order valence-corrected chi connectivity index (χ4v) is 1.14. The molecule has 0 N–H and O–H groups in total. The summed E-state index contributed by atoms with van der Waals surface area (Å²) in [4.78, 5) is 0. The van der Waals surface area contributed by atoms with Gasteiger partial charge in [-0.1, -0.05) is 0 Å². The molecule has 0 aromatic heterocycles. The summed E-state index contributed by atoms with van der Waals surface area (Å²) in [6.45, 7) is 10.2. The molecule has 0 saturated heterocycles. The van der Waals surface area contributed by atoms with Crippen molar-refractivity contribution in [3.05, 3.63) is 0 Å². The van der Waals surface area contributed by atoms with E-state index in [1.165, 1.54) is 0 Å². The fourth-order valence-electron chi connectivity index (χ4n) is 1.14. The average molecular weight is 283 g/mol. The minimum absolute atomic E-state index is 0. The summed E-state index contributed by atoms with van der Waals surface area (Å²) in [7, 11) is 0. The van der Waals surface area contributed by atoms with Crippen LogP contribution in [0.25, 0.3) is 0 Å². The molecule has 0 aliphatic carbocycles. The monoisotopic (exact) mass is 284 g/mol. The minimum atomic E-state index is -1.02. The molecule has 0 atom stereocenters. The van der Waals surface area contributed by atoms with Crippen LogP contribution in [0.4, 0.5) is 0 Å². The first kappa shape index (κ1) is 17.8. The Labute approximate surface area is 104 Å². The van der Waals surface area contributed by atoms with Gasteiger partial charge in [0.2, 0.25) is 0 Å². The van der Waals surface area contributed by atoms with E-state index >= 15 is 0 Å². The SMILES string of the molecule is CCOCC(OCC)(OCC)OCC.[GeH4]. The third-order valence-corrected chi connectivity index (χ3v) is 1.58. The van der Waals surface area contributed by atoms with Gasteiger partial charge >= 0.3 is 23.6 Å². The molecule has 0 aromatic carbocycles. The summed E-state index contributed by atoms with van der Waals surface area (Å²) in [6, 6.07) is 0. The maximum absolute atomic E-state index is 5.44. The van der Waals surface area contributed by atoms with Gasteiger partial charge in [0.25, 0.3) is 0 Å². The summed E-state index contributed by atoms with van der Waals surface area (Å²) < 4.78 is 21.6. The van der Waals surface area contributed by atoms with Gasteiger partial charge in [0, 0.05) is 26.4 Å². The maximum atomic E-state index is 5.44. The Morgan fingerprint density at radius 1 is 0.733 bits per heavy atom. The van der Waals surface area contributed by atoms with Crippen LogP contribution in [0.3, 0.4) is 0 Å². The predicted molar refractivity (Wildman–Crippen MR) is 65.4 cm³/mol. The zero-order chi connectivity index (χ0) is 10.9. The van der Waals surface area contributed by atoms with Gasteiger partial charge < -0.3 is 18.9 Å². The Hall–Kier alpha value is 0.383. The second-order valence-electron chi connectivity index (χ2n) is 2.62. The number of rotatable bonds is 9. The first-order valence-electron chi connectivity index (χ1n) is 5.24. The Balaban J connectivity index is 0. The Bertz CT molecular complexity index is 116. The van der Waals surface area contributed by atoms with Crippen molar-refractivity contribution in [3.63, 3.8) is 0 Å². The summed E-state index contributed by atoms with van der Waals surface area (Å²) in [6.07, 6.45) is 0. The topological polar surface area (TPSA) is 36.9 Å². The quantitative estimate of drug-likeness (QED) is 0.451. The van der Waals surface area contributed by atoms with Gasteiger partial charge in [-0.05, 0) is 27.7 Å². The normalized spacial score (nSPS) is 11.2. The van der Waals surface area contributed by atoms with Crippen molar-refractivity contribution in [2.75, 3.05) is 33.0 Å². The number of hydrogen-bond donors (Lipinski definition) is 0. The van der Waals surface area contributed by atoms with E-state index in [0.29, 0.717) is 33.0 Å². The molecular weight excluding hydrogens is 257 g/mol.